The van der Waals surface area contributed by atoms with Gasteiger partial charge in [-0.3, -0.25) is 4.79 Å². The Morgan fingerprint density at radius 3 is 2.14 bits per heavy atom. The minimum atomic E-state index is -3.46. The van der Waals surface area contributed by atoms with Gasteiger partial charge in [-0.2, -0.15) is 4.31 Å². The van der Waals surface area contributed by atoms with Gasteiger partial charge in [0.05, 0.1) is 11.4 Å². The predicted molar refractivity (Wildman–Crippen MR) is 116 cm³/mol. The minimum Gasteiger partial charge on any atom is -0.340 e. The highest BCUT2D eigenvalue weighted by Gasteiger charge is 2.21. The maximum Gasteiger partial charge on any atom is 0.243 e. The largest absolute Gasteiger partial charge is 0.340 e. The molecule has 0 aliphatic heterocycles. The van der Waals surface area contributed by atoms with E-state index in [1.165, 1.54) is 4.31 Å². The van der Waals surface area contributed by atoms with Crippen LogP contribution in [0.1, 0.15) is 37.9 Å². The van der Waals surface area contributed by atoms with Gasteiger partial charge in [0.1, 0.15) is 0 Å². The van der Waals surface area contributed by atoms with Crippen molar-refractivity contribution in [2.45, 2.75) is 38.3 Å². The Kier molecular flexibility index (Phi) is 8.37. The second kappa shape index (κ2) is 10.5. The van der Waals surface area contributed by atoms with E-state index in [9.17, 15) is 13.2 Å². The molecule has 0 fully saturated rings. The number of rotatable bonds is 10. The predicted octanol–water partition coefficient (Wildman–Crippen LogP) is 3.03. The number of nitrogens with one attached hydrogen (secondary N) is 1. The minimum absolute atomic E-state index is 0.00133. The van der Waals surface area contributed by atoms with Gasteiger partial charge in [0.25, 0.3) is 0 Å². The smallest absolute Gasteiger partial charge is 0.243 e. The summed E-state index contributed by atoms with van der Waals surface area (Å²) in [5, 5.41) is 3.22. The van der Waals surface area contributed by atoms with Crippen LogP contribution in [-0.4, -0.2) is 50.2 Å². The SMILES string of the molecule is CCN(CC)S(=O)(=O)c1ccc([C@@H](C)NCC(=O)N(C)Cc2ccccc2)cc1. The molecule has 2 aromatic rings. The van der Waals surface area contributed by atoms with E-state index in [-0.39, 0.29) is 23.4 Å². The molecule has 1 N–H and O–H groups in total. The van der Waals surface area contributed by atoms with Crippen molar-refractivity contribution in [2.75, 3.05) is 26.7 Å². The maximum atomic E-state index is 12.6. The van der Waals surface area contributed by atoms with Gasteiger partial charge in [-0.25, -0.2) is 8.42 Å². The van der Waals surface area contributed by atoms with Crippen LogP contribution in [0.5, 0.6) is 0 Å². The summed E-state index contributed by atoms with van der Waals surface area (Å²) >= 11 is 0. The molecular formula is C22H31N3O3S. The van der Waals surface area contributed by atoms with E-state index >= 15 is 0 Å². The van der Waals surface area contributed by atoms with Crippen molar-refractivity contribution in [3.05, 3.63) is 65.7 Å². The summed E-state index contributed by atoms with van der Waals surface area (Å²) in [6.45, 7) is 7.27. The highest BCUT2D eigenvalue weighted by molar-refractivity contribution is 7.89. The van der Waals surface area contributed by atoms with Crippen molar-refractivity contribution in [1.29, 1.82) is 0 Å². The average Bonchev–Trinajstić information content (AvgIpc) is 2.73. The first kappa shape index (κ1) is 23.1. The van der Waals surface area contributed by atoms with E-state index in [4.69, 9.17) is 0 Å². The molecule has 158 valence electrons. The summed E-state index contributed by atoms with van der Waals surface area (Å²) in [5.74, 6) is 0.00133. The van der Waals surface area contributed by atoms with Crippen LogP contribution in [0, 0.1) is 0 Å². The first-order valence-corrected chi connectivity index (χ1v) is 11.3. The van der Waals surface area contributed by atoms with Crippen LogP contribution in [0.3, 0.4) is 0 Å². The normalized spacial score (nSPS) is 12.7. The number of carbonyl (C=O) groups is 1. The molecule has 0 unspecified atom stereocenters. The van der Waals surface area contributed by atoms with Crippen LogP contribution >= 0.6 is 0 Å². The van der Waals surface area contributed by atoms with Crippen molar-refractivity contribution >= 4 is 15.9 Å². The lowest BCUT2D eigenvalue weighted by Crippen LogP contribution is -2.36. The van der Waals surface area contributed by atoms with Crippen LogP contribution in [0.15, 0.2) is 59.5 Å². The Morgan fingerprint density at radius 1 is 1.00 bits per heavy atom. The van der Waals surface area contributed by atoms with Crippen molar-refractivity contribution in [2.24, 2.45) is 0 Å². The fraction of sp³-hybridized carbons (Fsp3) is 0.409. The third-order valence-corrected chi connectivity index (χ3v) is 7.04. The molecule has 0 aliphatic rings. The van der Waals surface area contributed by atoms with Gasteiger partial charge in [-0.1, -0.05) is 56.3 Å². The van der Waals surface area contributed by atoms with Gasteiger partial charge in [-0.05, 0) is 30.2 Å². The van der Waals surface area contributed by atoms with Crippen molar-refractivity contribution in [3.63, 3.8) is 0 Å². The molecule has 2 rings (SSSR count). The quantitative estimate of drug-likeness (QED) is 0.645. The maximum absolute atomic E-state index is 12.6. The van der Waals surface area contributed by atoms with E-state index in [1.807, 2.05) is 51.1 Å². The molecule has 0 saturated heterocycles. The fourth-order valence-corrected chi connectivity index (χ4v) is 4.54. The van der Waals surface area contributed by atoms with Crippen molar-refractivity contribution in [1.82, 2.24) is 14.5 Å². The number of hydrogen-bond acceptors (Lipinski definition) is 4. The van der Waals surface area contributed by atoms with Gasteiger partial charge in [-0.15, -0.1) is 0 Å². The van der Waals surface area contributed by atoms with E-state index < -0.39 is 10.0 Å². The zero-order valence-corrected chi connectivity index (χ0v) is 18.4. The molecule has 6 nitrogen and oxygen atoms in total. The number of carbonyl (C=O) groups excluding carboxylic acids is 1. The number of sulfonamides is 1. The Bertz CT molecular complexity index is 879. The second-order valence-corrected chi connectivity index (χ2v) is 8.93. The number of likely N-dealkylation sites (N-methyl/N-ethyl adjacent to an activating group) is 1. The van der Waals surface area contributed by atoms with Crippen LogP contribution in [-0.2, 0) is 21.4 Å². The molecule has 1 amide bonds. The van der Waals surface area contributed by atoms with E-state index in [0.29, 0.717) is 19.6 Å². The second-order valence-electron chi connectivity index (χ2n) is 7.00. The lowest BCUT2D eigenvalue weighted by Gasteiger charge is -2.21. The van der Waals surface area contributed by atoms with Crippen LogP contribution < -0.4 is 5.32 Å². The van der Waals surface area contributed by atoms with Crippen molar-refractivity contribution in [3.8, 4) is 0 Å². The van der Waals surface area contributed by atoms with Crippen LogP contribution in [0.25, 0.3) is 0 Å². The van der Waals surface area contributed by atoms with Gasteiger partial charge in [0.15, 0.2) is 0 Å². The van der Waals surface area contributed by atoms with Gasteiger partial charge in [0.2, 0.25) is 15.9 Å². The number of hydrogen-bond donors (Lipinski definition) is 1. The molecule has 2 aromatic carbocycles. The average molecular weight is 418 g/mol. The highest BCUT2D eigenvalue weighted by Crippen LogP contribution is 2.19. The zero-order chi connectivity index (χ0) is 21.4. The molecule has 0 aromatic heterocycles. The molecule has 0 spiro atoms. The summed E-state index contributed by atoms with van der Waals surface area (Å²) in [7, 11) is -1.67. The lowest BCUT2D eigenvalue weighted by molar-refractivity contribution is -0.129. The number of amides is 1. The third kappa shape index (κ3) is 6.13. The van der Waals surface area contributed by atoms with Gasteiger partial charge >= 0.3 is 0 Å². The Balaban J connectivity index is 1.93. The lowest BCUT2D eigenvalue weighted by atomic mass is 10.1. The fourth-order valence-electron chi connectivity index (χ4n) is 3.08. The van der Waals surface area contributed by atoms with Crippen LogP contribution in [0.4, 0.5) is 0 Å². The molecule has 0 saturated carbocycles. The van der Waals surface area contributed by atoms with E-state index in [2.05, 4.69) is 5.32 Å². The van der Waals surface area contributed by atoms with Gasteiger partial charge < -0.3 is 10.2 Å². The molecule has 7 heteroatoms. The summed E-state index contributed by atoms with van der Waals surface area (Å²) in [4.78, 5) is 14.4. The molecule has 0 aliphatic carbocycles. The third-order valence-electron chi connectivity index (χ3n) is 4.97. The zero-order valence-electron chi connectivity index (χ0n) is 17.6. The monoisotopic (exact) mass is 417 g/mol. The highest BCUT2D eigenvalue weighted by atomic mass is 32.2. The molecule has 0 radical (unpaired) electrons. The molecule has 1 atom stereocenters. The Labute approximate surface area is 174 Å². The topological polar surface area (TPSA) is 69.7 Å². The Morgan fingerprint density at radius 2 is 1.59 bits per heavy atom. The Hall–Kier alpha value is -2.22. The van der Waals surface area contributed by atoms with E-state index in [0.717, 1.165) is 11.1 Å². The first-order valence-electron chi connectivity index (χ1n) is 9.91. The first-order chi connectivity index (χ1) is 13.8. The summed E-state index contributed by atoms with van der Waals surface area (Å²) in [5.41, 5.74) is 2.02. The summed E-state index contributed by atoms with van der Waals surface area (Å²) in [6.07, 6.45) is 0. The summed E-state index contributed by atoms with van der Waals surface area (Å²) in [6, 6.07) is 16.6. The van der Waals surface area contributed by atoms with Crippen molar-refractivity contribution < 1.29 is 13.2 Å². The number of nitrogens with zero attached hydrogens (tertiary/aromatic N) is 2. The van der Waals surface area contributed by atoms with Crippen LogP contribution in [0.2, 0.25) is 0 Å². The van der Waals surface area contributed by atoms with Gasteiger partial charge in [0, 0.05) is 32.7 Å². The standard InChI is InChI=1S/C22H31N3O3S/c1-5-25(6-2)29(27,28)21-14-12-20(13-15-21)18(3)23-16-22(26)24(4)17-19-10-8-7-9-11-19/h7-15,18,23H,5-6,16-17H2,1-4H3/t18-/m1/s1. The number of benzene rings is 2. The molecule has 29 heavy (non-hydrogen) atoms. The molecule has 0 bridgehead atoms. The molecule has 0 heterocycles. The molecular weight excluding hydrogens is 386 g/mol. The van der Waals surface area contributed by atoms with E-state index in [1.54, 1.807) is 36.2 Å². The summed E-state index contributed by atoms with van der Waals surface area (Å²) < 4.78 is 26.6.